The summed E-state index contributed by atoms with van der Waals surface area (Å²) in [5, 5.41) is 10.2. The summed E-state index contributed by atoms with van der Waals surface area (Å²) in [6, 6.07) is 11.2. The zero-order valence-corrected chi connectivity index (χ0v) is 20.1. The molecule has 6 nitrogen and oxygen atoms in total. The molecule has 2 aliphatic carbocycles. The fourth-order valence-corrected chi connectivity index (χ4v) is 4.58. The highest BCUT2D eigenvalue weighted by Crippen LogP contribution is 2.34. The minimum atomic E-state index is 0. The van der Waals surface area contributed by atoms with Crippen LogP contribution >= 0.6 is 24.0 Å². The van der Waals surface area contributed by atoms with Crippen LogP contribution in [0.25, 0.3) is 0 Å². The fourth-order valence-electron chi connectivity index (χ4n) is 4.58. The highest BCUT2D eigenvalue weighted by atomic mass is 127. The number of amides is 1. The number of hydrogen-bond donors (Lipinski definition) is 3. The average Bonchev–Trinajstić information content (AvgIpc) is 3.45. The van der Waals surface area contributed by atoms with Crippen LogP contribution in [-0.2, 0) is 9.53 Å². The Balaban J connectivity index is 0.00000256. The number of aliphatic imine (C=N–C) groups is 1. The number of nitrogens with zero attached hydrogens (tertiary/aromatic N) is 1. The molecule has 7 heteroatoms. The Bertz CT molecular complexity index is 710. The lowest BCUT2D eigenvalue weighted by atomic mass is 9.85. The summed E-state index contributed by atoms with van der Waals surface area (Å²) in [5.74, 6) is 1.64. The Morgan fingerprint density at radius 2 is 1.87 bits per heavy atom. The highest BCUT2D eigenvalue weighted by molar-refractivity contribution is 14.0. The first kappa shape index (κ1) is 23.3. The molecule has 3 fully saturated rings. The summed E-state index contributed by atoms with van der Waals surface area (Å²) in [6.45, 7) is 1.63. The van der Waals surface area contributed by atoms with Crippen molar-refractivity contribution in [1.82, 2.24) is 16.0 Å². The first-order valence-electron chi connectivity index (χ1n) is 11.2. The van der Waals surface area contributed by atoms with Gasteiger partial charge in [0.15, 0.2) is 5.96 Å². The third-order valence-electron chi connectivity index (χ3n) is 6.41. The van der Waals surface area contributed by atoms with Gasteiger partial charge in [-0.1, -0.05) is 36.8 Å². The smallest absolute Gasteiger partial charge is 0.223 e. The van der Waals surface area contributed by atoms with E-state index in [1.165, 1.54) is 5.56 Å². The van der Waals surface area contributed by atoms with Crippen LogP contribution in [0.1, 0.15) is 56.6 Å². The zero-order valence-electron chi connectivity index (χ0n) is 17.8. The van der Waals surface area contributed by atoms with Crippen molar-refractivity contribution in [3.8, 4) is 0 Å². The number of nitrogens with one attached hydrogen (secondary N) is 3. The molecule has 3 aliphatic rings. The molecule has 0 bridgehead atoms. The lowest BCUT2D eigenvalue weighted by Crippen LogP contribution is -2.48. The standard InChI is InChI=1S/C23H34N4O2.HI/c1-24-23(25-15-18-12-13-29-21(18)16-6-3-2-4-7-16)27-20-9-5-8-17(14-20)22(28)26-19-10-11-19;/h2-4,6-7,17-21H,5,8-15H2,1H3,(H,26,28)(H2,24,25,27);1H. The van der Waals surface area contributed by atoms with Gasteiger partial charge in [0.05, 0.1) is 6.10 Å². The summed E-state index contributed by atoms with van der Waals surface area (Å²) >= 11 is 0. The molecule has 0 aromatic heterocycles. The third kappa shape index (κ3) is 6.33. The largest absolute Gasteiger partial charge is 0.373 e. The second-order valence-electron chi connectivity index (χ2n) is 8.69. The van der Waals surface area contributed by atoms with Crippen molar-refractivity contribution in [1.29, 1.82) is 0 Å². The van der Waals surface area contributed by atoms with Crippen molar-refractivity contribution in [3.63, 3.8) is 0 Å². The third-order valence-corrected chi connectivity index (χ3v) is 6.41. The number of carbonyl (C=O) groups is 1. The van der Waals surface area contributed by atoms with Crippen LogP contribution in [0.5, 0.6) is 0 Å². The van der Waals surface area contributed by atoms with Gasteiger partial charge in [0.25, 0.3) is 0 Å². The minimum Gasteiger partial charge on any atom is -0.373 e. The molecule has 1 aromatic carbocycles. The van der Waals surface area contributed by atoms with Gasteiger partial charge in [0.2, 0.25) is 5.91 Å². The Kier molecular flexibility index (Phi) is 8.80. The van der Waals surface area contributed by atoms with Gasteiger partial charge in [-0.25, -0.2) is 0 Å². The van der Waals surface area contributed by atoms with E-state index >= 15 is 0 Å². The Labute approximate surface area is 197 Å². The Morgan fingerprint density at radius 1 is 1.07 bits per heavy atom. The van der Waals surface area contributed by atoms with Gasteiger partial charge in [-0.15, -0.1) is 24.0 Å². The van der Waals surface area contributed by atoms with Crippen molar-refractivity contribution in [3.05, 3.63) is 35.9 Å². The molecule has 4 unspecified atom stereocenters. The van der Waals surface area contributed by atoms with Gasteiger partial charge < -0.3 is 20.7 Å². The summed E-state index contributed by atoms with van der Waals surface area (Å²) in [7, 11) is 1.81. The molecule has 3 N–H and O–H groups in total. The van der Waals surface area contributed by atoms with Crippen molar-refractivity contribution < 1.29 is 9.53 Å². The number of benzene rings is 1. The Hall–Kier alpha value is -1.35. The van der Waals surface area contributed by atoms with Gasteiger partial charge >= 0.3 is 0 Å². The quantitative estimate of drug-likeness (QED) is 0.302. The van der Waals surface area contributed by atoms with Crippen molar-refractivity contribution in [2.45, 2.75) is 63.1 Å². The summed E-state index contributed by atoms with van der Waals surface area (Å²) in [5.41, 5.74) is 1.25. The minimum absolute atomic E-state index is 0. The lowest BCUT2D eigenvalue weighted by molar-refractivity contribution is -0.126. The maximum Gasteiger partial charge on any atom is 0.223 e. The topological polar surface area (TPSA) is 74.8 Å². The second-order valence-corrected chi connectivity index (χ2v) is 8.69. The van der Waals surface area contributed by atoms with E-state index in [-0.39, 0.29) is 41.9 Å². The van der Waals surface area contributed by atoms with Crippen LogP contribution in [0.3, 0.4) is 0 Å². The number of guanidine groups is 1. The SMILES string of the molecule is CN=C(NCC1CCOC1c1ccccc1)NC1CCCC(C(=O)NC2CC2)C1.I. The fraction of sp³-hybridized carbons (Fsp3) is 0.652. The number of ether oxygens (including phenoxy) is 1. The molecule has 30 heavy (non-hydrogen) atoms. The molecule has 1 heterocycles. The van der Waals surface area contributed by atoms with Crippen molar-refractivity contribution in [2.75, 3.05) is 20.2 Å². The summed E-state index contributed by atoms with van der Waals surface area (Å²) in [4.78, 5) is 16.8. The van der Waals surface area contributed by atoms with Crippen LogP contribution in [0.4, 0.5) is 0 Å². The van der Waals surface area contributed by atoms with Gasteiger partial charge in [-0.05, 0) is 44.1 Å². The summed E-state index contributed by atoms with van der Waals surface area (Å²) in [6.07, 6.45) is 7.55. The van der Waals surface area contributed by atoms with E-state index in [1.54, 1.807) is 0 Å². The van der Waals surface area contributed by atoms with Crippen molar-refractivity contribution in [2.24, 2.45) is 16.8 Å². The van der Waals surface area contributed by atoms with E-state index in [2.05, 4.69) is 45.2 Å². The predicted octanol–water partition coefficient (Wildman–Crippen LogP) is 3.38. The van der Waals surface area contributed by atoms with Crippen molar-refractivity contribution >= 4 is 35.8 Å². The number of hydrogen-bond acceptors (Lipinski definition) is 3. The molecule has 1 aliphatic heterocycles. The van der Waals surface area contributed by atoms with Crippen LogP contribution in [0, 0.1) is 11.8 Å². The van der Waals surface area contributed by atoms with Crippen LogP contribution in [0.2, 0.25) is 0 Å². The first-order valence-corrected chi connectivity index (χ1v) is 11.2. The molecule has 1 saturated heterocycles. The Morgan fingerprint density at radius 3 is 2.60 bits per heavy atom. The van der Waals surface area contributed by atoms with E-state index in [4.69, 9.17) is 4.74 Å². The van der Waals surface area contributed by atoms with E-state index in [0.29, 0.717) is 18.0 Å². The van der Waals surface area contributed by atoms with Crippen LogP contribution in [0.15, 0.2) is 35.3 Å². The van der Waals surface area contributed by atoms with E-state index in [9.17, 15) is 4.79 Å². The monoisotopic (exact) mass is 526 g/mol. The normalized spacial score (nSPS) is 29.0. The molecule has 0 radical (unpaired) electrons. The molecule has 4 rings (SSSR count). The maximum absolute atomic E-state index is 12.4. The van der Waals surface area contributed by atoms with E-state index in [1.807, 2.05) is 13.1 Å². The maximum atomic E-state index is 12.4. The number of halogens is 1. The molecule has 2 saturated carbocycles. The zero-order chi connectivity index (χ0) is 20.1. The van der Waals surface area contributed by atoms with Gasteiger partial charge in [0.1, 0.15) is 0 Å². The highest BCUT2D eigenvalue weighted by Gasteiger charge is 2.32. The molecule has 166 valence electrons. The van der Waals surface area contributed by atoms with Gasteiger partial charge in [0, 0.05) is 44.1 Å². The molecular weight excluding hydrogens is 491 g/mol. The van der Waals surface area contributed by atoms with E-state index < -0.39 is 0 Å². The lowest BCUT2D eigenvalue weighted by Gasteiger charge is -2.30. The first-order chi connectivity index (χ1) is 14.2. The molecular formula is C23H35IN4O2. The molecule has 1 aromatic rings. The number of carbonyl (C=O) groups excluding carboxylic acids is 1. The second kappa shape index (κ2) is 11.3. The predicted molar refractivity (Wildman–Crippen MR) is 130 cm³/mol. The van der Waals surface area contributed by atoms with Crippen LogP contribution < -0.4 is 16.0 Å². The van der Waals surface area contributed by atoms with Gasteiger partial charge in [-0.2, -0.15) is 0 Å². The molecule has 4 atom stereocenters. The summed E-state index contributed by atoms with van der Waals surface area (Å²) < 4.78 is 6.00. The number of rotatable bonds is 6. The van der Waals surface area contributed by atoms with Gasteiger partial charge in [-0.3, -0.25) is 9.79 Å². The molecule has 1 amide bonds. The molecule has 0 spiro atoms. The van der Waals surface area contributed by atoms with Crippen LogP contribution in [-0.4, -0.2) is 44.1 Å². The average molecular weight is 526 g/mol. The van der Waals surface area contributed by atoms with E-state index in [0.717, 1.165) is 64.1 Å².